The molecule has 7 atom stereocenters. The molecule has 1 unspecified atom stereocenters. The van der Waals surface area contributed by atoms with Crippen LogP contribution in [-0.2, 0) is 19.1 Å². The number of hydrogen-bond acceptors (Lipinski definition) is 5. The van der Waals surface area contributed by atoms with Crippen molar-refractivity contribution < 1.29 is 29.3 Å². The van der Waals surface area contributed by atoms with Crippen LogP contribution >= 0.6 is 0 Å². The van der Waals surface area contributed by atoms with Gasteiger partial charge in [0.25, 0.3) is 0 Å². The molecule has 0 radical (unpaired) electrons. The van der Waals surface area contributed by atoms with E-state index in [9.17, 15) is 19.5 Å². The highest BCUT2D eigenvalue weighted by atomic mass is 16.5. The fraction of sp³-hybridized carbons (Fsp3) is 0.759. The van der Waals surface area contributed by atoms with Crippen molar-refractivity contribution in [3.63, 3.8) is 0 Å². The minimum atomic E-state index is -0.969. The Labute approximate surface area is 211 Å². The average molecular weight is 491 g/mol. The van der Waals surface area contributed by atoms with Gasteiger partial charge in [0.15, 0.2) is 5.78 Å². The van der Waals surface area contributed by atoms with Crippen LogP contribution in [0.3, 0.4) is 0 Å². The highest BCUT2D eigenvalue weighted by Crippen LogP contribution is 2.67. The van der Waals surface area contributed by atoms with E-state index in [0.717, 1.165) is 32.1 Å². The van der Waals surface area contributed by atoms with Crippen molar-refractivity contribution in [2.75, 3.05) is 6.61 Å². The number of fused-ring (bicyclic) bond motifs is 5. The second-order valence-electron chi connectivity index (χ2n) is 11.5. The largest absolute Gasteiger partial charge is 0.481 e. The minimum absolute atomic E-state index is 0.0934. The molecule has 0 aliphatic heterocycles. The summed E-state index contributed by atoms with van der Waals surface area (Å²) in [6.45, 7) is 15.7. The number of carboxylic acid groups (broad SMARTS) is 1. The van der Waals surface area contributed by atoms with E-state index in [0.29, 0.717) is 30.0 Å². The molecule has 2 N–H and O–H groups in total. The van der Waals surface area contributed by atoms with Crippen molar-refractivity contribution in [1.29, 1.82) is 0 Å². The SMILES string of the molecule is C=C.CC(=O)OCC(C)(O)[C@H]1CC[C@H]2[C@@H]3CCC4=CC(=O)CC[C@]4(C)[C@H]3CC[C@]12C.CCC(=O)O. The van der Waals surface area contributed by atoms with Crippen molar-refractivity contribution in [1.82, 2.24) is 0 Å². The molecular formula is C29H46O6. The van der Waals surface area contributed by atoms with Crippen molar-refractivity contribution in [3.8, 4) is 0 Å². The van der Waals surface area contributed by atoms with Crippen LogP contribution in [0.15, 0.2) is 24.8 Å². The predicted molar refractivity (Wildman–Crippen MR) is 137 cm³/mol. The van der Waals surface area contributed by atoms with Gasteiger partial charge in [0.05, 0.1) is 5.60 Å². The third-order valence-corrected chi connectivity index (χ3v) is 9.58. The summed E-state index contributed by atoms with van der Waals surface area (Å²) in [7, 11) is 0. The van der Waals surface area contributed by atoms with Crippen molar-refractivity contribution >= 4 is 17.7 Å². The maximum atomic E-state index is 12.0. The third-order valence-electron chi connectivity index (χ3n) is 9.58. The van der Waals surface area contributed by atoms with Crippen molar-refractivity contribution in [3.05, 3.63) is 24.8 Å². The lowest BCUT2D eigenvalue weighted by molar-refractivity contribution is -0.159. The lowest BCUT2D eigenvalue weighted by Crippen LogP contribution is -2.54. The second-order valence-corrected chi connectivity index (χ2v) is 11.5. The number of allylic oxidation sites excluding steroid dienone is 1. The summed E-state index contributed by atoms with van der Waals surface area (Å²) in [6.07, 6.45) is 10.6. The molecule has 4 aliphatic carbocycles. The first kappa shape index (κ1) is 29.3. The lowest BCUT2D eigenvalue weighted by Gasteiger charge is -2.59. The van der Waals surface area contributed by atoms with Crippen LogP contribution in [-0.4, -0.2) is 40.1 Å². The standard InChI is InChI=1S/C24H36O4.C3H6O2.C2H4/c1-15(25)28-14-24(4,27)21-8-7-19-18-6-5-16-13-17(26)9-11-22(16,2)20(18)10-12-23(19,21)3;1-2-3(4)5;1-2/h13,18-21,27H,5-12,14H2,1-4H3;2H2,1H3,(H,4,5);1-2H2/t18-,19-,20-,21-,22-,23-,24?;;/m0../s1. The van der Waals surface area contributed by atoms with E-state index in [4.69, 9.17) is 9.84 Å². The maximum Gasteiger partial charge on any atom is 0.303 e. The van der Waals surface area contributed by atoms with Crippen molar-refractivity contribution in [2.24, 2.45) is 34.5 Å². The van der Waals surface area contributed by atoms with E-state index in [1.807, 2.05) is 13.0 Å². The van der Waals surface area contributed by atoms with Gasteiger partial charge in [-0.05, 0) is 92.4 Å². The molecule has 4 aliphatic rings. The highest BCUT2D eigenvalue weighted by molar-refractivity contribution is 5.91. The molecule has 0 spiro atoms. The molecule has 0 aromatic heterocycles. The van der Waals surface area contributed by atoms with Crippen molar-refractivity contribution in [2.45, 2.75) is 98.0 Å². The number of esters is 1. The van der Waals surface area contributed by atoms with E-state index < -0.39 is 11.6 Å². The summed E-state index contributed by atoms with van der Waals surface area (Å²) in [5.41, 5.74) is 0.733. The zero-order valence-corrected chi connectivity index (χ0v) is 22.4. The van der Waals surface area contributed by atoms with Gasteiger partial charge in [-0.1, -0.05) is 26.3 Å². The van der Waals surface area contributed by atoms with Gasteiger partial charge in [-0.2, -0.15) is 0 Å². The number of hydrogen-bond donors (Lipinski definition) is 2. The maximum absolute atomic E-state index is 12.0. The fourth-order valence-electron chi connectivity index (χ4n) is 7.93. The fourth-order valence-corrected chi connectivity index (χ4v) is 7.93. The quantitative estimate of drug-likeness (QED) is 0.385. The van der Waals surface area contributed by atoms with E-state index >= 15 is 0 Å². The Bertz CT molecular complexity index is 829. The van der Waals surface area contributed by atoms with Gasteiger partial charge in [0.1, 0.15) is 6.61 Å². The number of carbonyl (C=O) groups is 3. The molecule has 6 heteroatoms. The number of aliphatic hydroxyl groups is 1. The summed E-state index contributed by atoms with van der Waals surface area (Å²) in [6, 6.07) is 0. The second kappa shape index (κ2) is 11.4. The van der Waals surface area contributed by atoms with E-state index in [2.05, 4.69) is 27.0 Å². The zero-order valence-electron chi connectivity index (χ0n) is 22.4. The number of carbonyl (C=O) groups excluding carboxylic acids is 2. The first-order chi connectivity index (χ1) is 16.3. The molecule has 3 saturated carbocycles. The Morgan fingerprint density at radius 2 is 1.74 bits per heavy atom. The van der Waals surface area contributed by atoms with Crippen LogP contribution in [0.25, 0.3) is 0 Å². The normalized spacial score (nSPS) is 36.9. The first-order valence-electron chi connectivity index (χ1n) is 13.2. The first-order valence-corrected chi connectivity index (χ1v) is 13.2. The van der Waals surface area contributed by atoms with E-state index in [1.165, 1.54) is 25.3 Å². The van der Waals surface area contributed by atoms with Crippen LogP contribution in [0, 0.1) is 34.5 Å². The molecule has 6 nitrogen and oxygen atoms in total. The van der Waals surface area contributed by atoms with Gasteiger partial charge in [0.2, 0.25) is 0 Å². The van der Waals surface area contributed by atoms with Crippen LogP contribution in [0.5, 0.6) is 0 Å². The zero-order chi connectivity index (χ0) is 26.6. The molecular weight excluding hydrogens is 444 g/mol. The topological polar surface area (TPSA) is 101 Å². The minimum Gasteiger partial charge on any atom is -0.481 e. The number of carboxylic acids is 1. The monoisotopic (exact) mass is 490 g/mol. The number of ether oxygens (including phenoxy) is 1. The van der Waals surface area contributed by atoms with Gasteiger partial charge >= 0.3 is 11.9 Å². The smallest absolute Gasteiger partial charge is 0.303 e. The Balaban J connectivity index is 0.000000551. The van der Waals surface area contributed by atoms with Gasteiger partial charge in [-0.15, -0.1) is 13.2 Å². The van der Waals surface area contributed by atoms with Gasteiger partial charge < -0.3 is 14.9 Å². The Kier molecular flexibility index (Phi) is 9.54. The molecule has 198 valence electrons. The van der Waals surface area contributed by atoms with Crippen LogP contribution < -0.4 is 0 Å². The van der Waals surface area contributed by atoms with Crippen LogP contribution in [0.4, 0.5) is 0 Å². The molecule has 0 amide bonds. The molecule has 0 bridgehead atoms. The predicted octanol–water partition coefficient (Wildman–Crippen LogP) is 5.73. The summed E-state index contributed by atoms with van der Waals surface area (Å²) in [4.78, 5) is 32.6. The third kappa shape index (κ3) is 5.90. The van der Waals surface area contributed by atoms with Crippen LogP contribution in [0.1, 0.15) is 92.4 Å². The number of aliphatic carboxylic acids is 1. The van der Waals surface area contributed by atoms with E-state index in [1.54, 1.807) is 6.92 Å². The average Bonchev–Trinajstić information content (AvgIpc) is 3.18. The Morgan fingerprint density at radius 3 is 2.31 bits per heavy atom. The molecule has 3 fully saturated rings. The van der Waals surface area contributed by atoms with Gasteiger partial charge in [-0.25, -0.2) is 0 Å². The molecule has 0 heterocycles. The van der Waals surface area contributed by atoms with Crippen LogP contribution in [0.2, 0.25) is 0 Å². The Hall–Kier alpha value is -1.95. The Morgan fingerprint density at radius 1 is 1.11 bits per heavy atom. The molecule has 4 rings (SSSR count). The number of rotatable bonds is 4. The highest BCUT2D eigenvalue weighted by Gasteiger charge is 2.61. The van der Waals surface area contributed by atoms with Gasteiger partial charge in [-0.3, -0.25) is 14.4 Å². The lowest BCUT2D eigenvalue weighted by atomic mass is 9.46. The number of ketones is 1. The molecule has 0 aromatic rings. The molecule has 35 heavy (non-hydrogen) atoms. The molecule has 0 saturated heterocycles. The van der Waals surface area contributed by atoms with E-state index in [-0.39, 0.29) is 35.7 Å². The molecule has 0 aromatic carbocycles. The summed E-state index contributed by atoms with van der Waals surface area (Å²) >= 11 is 0. The van der Waals surface area contributed by atoms with Gasteiger partial charge in [0, 0.05) is 19.8 Å². The summed E-state index contributed by atoms with van der Waals surface area (Å²) in [5.74, 6) is 1.38. The summed E-state index contributed by atoms with van der Waals surface area (Å²) < 4.78 is 5.22. The summed E-state index contributed by atoms with van der Waals surface area (Å²) in [5, 5.41) is 18.9.